The highest BCUT2D eigenvalue weighted by Gasteiger charge is 2.35. The molecule has 2 heteroatoms. The van der Waals surface area contributed by atoms with Crippen LogP contribution < -0.4 is 5.32 Å². The van der Waals surface area contributed by atoms with Crippen LogP contribution in [0.1, 0.15) is 12.0 Å². The van der Waals surface area contributed by atoms with E-state index in [1.807, 2.05) is 24.3 Å². The summed E-state index contributed by atoms with van der Waals surface area (Å²) in [4.78, 5) is 0. The molecule has 1 aromatic rings. The van der Waals surface area contributed by atoms with E-state index in [4.69, 9.17) is 5.41 Å². The maximum atomic E-state index is 8.07. The van der Waals surface area contributed by atoms with Crippen LogP contribution in [0.15, 0.2) is 48.6 Å². The van der Waals surface area contributed by atoms with Crippen LogP contribution in [0.3, 0.4) is 0 Å². The number of allylic oxidation sites excluding steroid dienone is 2. The van der Waals surface area contributed by atoms with Gasteiger partial charge in [-0.25, -0.2) is 0 Å². The second-order valence-electron chi connectivity index (χ2n) is 4.39. The number of fused-ring (bicyclic) bond motifs is 1. The molecule has 2 nitrogen and oxygen atoms in total. The summed E-state index contributed by atoms with van der Waals surface area (Å²) in [5.41, 5.74) is 2.90. The molecule has 0 fully saturated rings. The van der Waals surface area contributed by atoms with Gasteiger partial charge in [0, 0.05) is 5.69 Å². The Labute approximate surface area is 95.2 Å². The molecule has 0 amide bonds. The van der Waals surface area contributed by atoms with Crippen molar-refractivity contribution in [2.45, 2.75) is 18.4 Å². The lowest BCUT2D eigenvalue weighted by molar-refractivity contribution is 0.642. The molecule has 1 atom stereocenters. The van der Waals surface area contributed by atoms with E-state index in [1.54, 1.807) is 0 Å². The summed E-state index contributed by atoms with van der Waals surface area (Å²) in [5.74, 6) is 0. The molecular formula is C14H14N2. The fourth-order valence-corrected chi connectivity index (χ4v) is 2.43. The number of hydrogen-bond acceptors (Lipinski definition) is 2. The smallest absolute Gasteiger partial charge is 0.0980 e. The summed E-state index contributed by atoms with van der Waals surface area (Å²) >= 11 is 0. The molecule has 0 saturated carbocycles. The van der Waals surface area contributed by atoms with Gasteiger partial charge < -0.3 is 10.7 Å². The highest BCUT2D eigenvalue weighted by atomic mass is 15.0. The van der Waals surface area contributed by atoms with E-state index < -0.39 is 0 Å². The first kappa shape index (κ1) is 9.40. The minimum atomic E-state index is -0.275. The average molecular weight is 210 g/mol. The lowest BCUT2D eigenvalue weighted by atomic mass is 9.80. The minimum Gasteiger partial charge on any atom is -0.371 e. The van der Waals surface area contributed by atoms with Gasteiger partial charge >= 0.3 is 0 Å². The summed E-state index contributed by atoms with van der Waals surface area (Å²) in [6.45, 7) is 0. The first-order valence-electron chi connectivity index (χ1n) is 5.61. The Hall–Kier alpha value is -1.83. The molecule has 1 unspecified atom stereocenters. The Morgan fingerprint density at radius 3 is 2.94 bits per heavy atom. The Balaban J connectivity index is 2.01. The highest BCUT2D eigenvalue weighted by molar-refractivity contribution is 6.05. The number of rotatable bonds is 0. The fraction of sp³-hybridized carbons (Fsp3) is 0.214. The van der Waals surface area contributed by atoms with Crippen molar-refractivity contribution in [2.24, 2.45) is 0 Å². The number of hydrogen-bond donors (Lipinski definition) is 2. The predicted molar refractivity (Wildman–Crippen MR) is 67.1 cm³/mol. The number of nitrogens with one attached hydrogen (secondary N) is 2. The number of aryl methyl sites for hydroxylation is 1. The minimum absolute atomic E-state index is 0.275. The number of anilines is 1. The summed E-state index contributed by atoms with van der Waals surface area (Å²) in [5, 5.41) is 11.6. The lowest BCUT2D eigenvalue weighted by Gasteiger charge is -2.38. The van der Waals surface area contributed by atoms with Gasteiger partial charge in [-0.05, 0) is 30.5 Å². The maximum Gasteiger partial charge on any atom is 0.0980 e. The molecule has 80 valence electrons. The monoisotopic (exact) mass is 210 g/mol. The van der Waals surface area contributed by atoms with Crippen molar-refractivity contribution >= 4 is 11.4 Å². The zero-order valence-electron chi connectivity index (χ0n) is 9.03. The van der Waals surface area contributed by atoms with E-state index in [2.05, 4.69) is 29.6 Å². The van der Waals surface area contributed by atoms with Gasteiger partial charge in [-0.3, -0.25) is 0 Å². The number of para-hydroxylation sites is 1. The van der Waals surface area contributed by atoms with Crippen molar-refractivity contribution in [1.82, 2.24) is 0 Å². The Morgan fingerprint density at radius 2 is 2.06 bits per heavy atom. The van der Waals surface area contributed by atoms with Gasteiger partial charge in [0.25, 0.3) is 0 Å². The molecule has 1 spiro atoms. The molecule has 0 bridgehead atoms. The van der Waals surface area contributed by atoms with Crippen LogP contribution in [-0.4, -0.2) is 11.3 Å². The van der Waals surface area contributed by atoms with Crippen molar-refractivity contribution < 1.29 is 0 Å². The largest absolute Gasteiger partial charge is 0.371 e. The van der Waals surface area contributed by atoms with Gasteiger partial charge in [0.2, 0.25) is 0 Å². The van der Waals surface area contributed by atoms with Gasteiger partial charge in [-0.2, -0.15) is 0 Å². The maximum absolute atomic E-state index is 8.07. The van der Waals surface area contributed by atoms with E-state index in [0.717, 1.165) is 12.8 Å². The van der Waals surface area contributed by atoms with Gasteiger partial charge in [0.05, 0.1) is 11.3 Å². The van der Waals surface area contributed by atoms with E-state index in [0.29, 0.717) is 5.71 Å². The van der Waals surface area contributed by atoms with Crippen LogP contribution in [0.4, 0.5) is 5.69 Å². The van der Waals surface area contributed by atoms with Gasteiger partial charge in [0.15, 0.2) is 0 Å². The quantitative estimate of drug-likeness (QED) is 0.678. The van der Waals surface area contributed by atoms with Crippen molar-refractivity contribution in [2.75, 3.05) is 5.32 Å². The zero-order chi connectivity index (χ0) is 11.0. The molecule has 1 aliphatic carbocycles. The fourth-order valence-electron chi connectivity index (χ4n) is 2.43. The molecule has 2 N–H and O–H groups in total. The van der Waals surface area contributed by atoms with Gasteiger partial charge in [-0.1, -0.05) is 36.4 Å². The summed E-state index contributed by atoms with van der Waals surface area (Å²) in [6.07, 6.45) is 9.92. The topological polar surface area (TPSA) is 35.9 Å². The van der Waals surface area contributed by atoms with Crippen molar-refractivity contribution in [3.63, 3.8) is 0 Å². The molecule has 3 rings (SSSR count). The Kier molecular flexibility index (Phi) is 1.96. The van der Waals surface area contributed by atoms with Crippen LogP contribution in [0.2, 0.25) is 0 Å². The van der Waals surface area contributed by atoms with Crippen molar-refractivity contribution in [3.05, 3.63) is 54.1 Å². The SMILES string of the molecule is N=C1C=CC=CC12CCc1ccccc1N2. The van der Waals surface area contributed by atoms with Crippen molar-refractivity contribution in [3.8, 4) is 0 Å². The third-order valence-corrected chi connectivity index (χ3v) is 3.40. The number of benzene rings is 1. The third kappa shape index (κ3) is 1.30. The second-order valence-corrected chi connectivity index (χ2v) is 4.39. The van der Waals surface area contributed by atoms with E-state index >= 15 is 0 Å². The Bertz CT molecular complexity index is 499. The first-order chi connectivity index (χ1) is 7.80. The molecule has 0 saturated heterocycles. The van der Waals surface area contributed by atoms with E-state index in [9.17, 15) is 0 Å². The first-order valence-corrected chi connectivity index (χ1v) is 5.61. The molecule has 1 aliphatic heterocycles. The van der Waals surface area contributed by atoms with E-state index in [1.165, 1.54) is 11.3 Å². The molecule has 0 radical (unpaired) electrons. The summed E-state index contributed by atoms with van der Waals surface area (Å²) in [6, 6.07) is 8.36. The lowest BCUT2D eigenvalue weighted by Crippen LogP contribution is -2.47. The predicted octanol–water partition coefficient (Wildman–Crippen LogP) is 2.93. The normalized spacial score (nSPS) is 26.6. The van der Waals surface area contributed by atoms with Crippen LogP contribution in [-0.2, 0) is 6.42 Å². The van der Waals surface area contributed by atoms with Gasteiger partial charge in [-0.15, -0.1) is 0 Å². The third-order valence-electron chi connectivity index (χ3n) is 3.40. The molecule has 1 aromatic carbocycles. The van der Waals surface area contributed by atoms with Crippen molar-refractivity contribution in [1.29, 1.82) is 5.41 Å². The summed E-state index contributed by atoms with van der Waals surface area (Å²) < 4.78 is 0. The zero-order valence-corrected chi connectivity index (χ0v) is 9.03. The summed E-state index contributed by atoms with van der Waals surface area (Å²) in [7, 11) is 0. The molecule has 0 aromatic heterocycles. The van der Waals surface area contributed by atoms with Gasteiger partial charge in [0.1, 0.15) is 0 Å². The Morgan fingerprint density at radius 1 is 1.19 bits per heavy atom. The van der Waals surface area contributed by atoms with Crippen LogP contribution in [0.5, 0.6) is 0 Å². The second kappa shape index (κ2) is 3.34. The van der Waals surface area contributed by atoms with Crippen LogP contribution >= 0.6 is 0 Å². The molecule has 16 heavy (non-hydrogen) atoms. The van der Waals surface area contributed by atoms with E-state index in [-0.39, 0.29) is 5.54 Å². The van der Waals surface area contributed by atoms with Crippen LogP contribution in [0, 0.1) is 5.41 Å². The highest BCUT2D eigenvalue weighted by Crippen LogP contribution is 2.33. The van der Waals surface area contributed by atoms with Crippen LogP contribution in [0.25, 0.3) is 0 Å². The molecule has 2 aliphatic rings. The standard InChI is InChI=1S/C14H14N2/c15-13-7-3-4-9-14(13)10-8-11-5-1-2-6-12(11)16-14/h1-7,9,15-16H,8,10H2. The average Bonchev–Trinajstić information content (AvgIpc) is 2.33. The molecule has 1 heterocycles. The molecular weight excluding hydrogens is 196 g/mol.